The molecule has 0 fully saturated rings. The van der Waals surface area contributed by atoms with E-state index in [1.165, 1.54) is 0 Å². The Balaban J connectivity index is 1.80. The van der Waals surface area contributed by atoms with Gasteiger partial charge in [0.15, 0.2) is 0 Å². The monoisotopic (exact) mass is 322 g/mol. The SMILES string of the molecule is COc1ccccc1[C@H]1Nc2ccc([N+](=O)[O-])cc2C2C=CCC21. The van der Waals surface area contributed by atoms with Gasteiger partial charge in [0.1, 0.15) is 5.75 Å². The van der Waals surface area contributed by atoms with E-state index in [1.54, 1.807) is 19.2 Å². The minimum atomic E-state index is -0.333. The maximum atomic E-state index is 11.1. The number of fused-ring (bicyclic) bond motifs is 3. The number of methoxy groups -OCH3 is 1. The van der Waals surface area contributed by atoms with E-state index in [2.05, 4.69) is 23.5 Å². The summed E-state index contributed by atoms with van der Waals surface area (Å²) in [5, 5.41) is 14.7. The molecular formula is C19H18N2O3. The minimum absolute atomic E-state index is 0.120. The molecule has 122 valence electrons. The average Bonchev–Trinajstić information content (AvgIpc) is 3.10. The van der Waals surface area contributed by atoms with Gasteiger partial charge in [-0.2, -0.15) is 0 Å². The molecule has 1 aliphatic heterocycles. The van der Waals surface area contributed by atoms with Gasteiger partial charge in [-0.1, -0.05) is 30.4 Å². The van der Waals surface area contributed by atoms with Crippen molar-refractivity contribution in [2.75, 3.05) is 12.4 Å². The predicted molar refractivity (Wildman–Crippen MR) is 92.4 cm³/mol. The number of non-ortho nitro benzene ring substituents is 1. The van der Waals surface area contributed by atoms with E-state index in [9.17, 15) is 10.1 Å². The zero-order chi connectivity index (χ0) is 16.7. The fraction of sp³-hybridized carbons (Fsp3) is 0.263. The maximum Gasteiger partial charge on any atom is 0.269 e. The topological polar surface area (TPSA) is 64.4 Å². The smallest absolute Gasteiger partial charge is 0.269 e. The fourth-order valence-corrected chi connectivity index (χ4v) is 3.93. The molecule has 3 atom stereocenters. The number of nitrogens with one attached hydrogen (secondary N) is 1. The molecule has 0 radical (unpaired) electrons. The van der Waals surface area contributed by atoms with Gasteiger partial charge in [0.05, 0.1) is 18.1 Å². The molecule has 5 heteroatoms. The summed E-state index contributed by atoms with van der Waals surface area (Å²) in [6, 6.07) is 13.2. The lowest BCUT2D eigenvalue weighted by Gasteiger charge is -2.37. The molecule has 5 nitrogen and oxygen atoms in total. The molecule has 2 aromatic carbocycles. The molecule has 0 saturated heterocycles. The van der Waals surface area contributed by atoms with Gasteiger partial charge in [0.2, 0.25) is 0 Å². The maximum absolute atomic E-state index is 11.1. The van der Waals surface area contributed by atoms with Crippen molar-refractivity contribution in [2.24, 2.45) is 5.92 Å². The first kappa shape index (κ1) is 14.8. The molecule has 0 saturated carbocycles. The van der Waals surface area contributed by atoms with Crippen LogP contribution in [0.4, 0.5) is 11.4 Å². The number of rotatable bonds is 3. The van der Waals surface area contributed by atoms with Gasteiger partial charge in [0.25, 0.3) is 5.69 Å². The number of para-hydroxylation sites is 1. The summed E-state index contributed by atoms with van der Waals surface area (Å²) in [6.45, 7) is 0. The van der Waals surface area contributed by atoms with E-state index in [0.29, 0.717) is 5.92 Å². The summed E-state index contributed by atoms with van der Waals surface area (Å²) in [7, 11) is 1.68. The Morgan fingerprint density at radius 2 is 2.04 bits per heavy atom. The number of nitro benzene ring substituents is 1. The third kappa shape index (κ3) is 2.24. The number of nitro groups is 1. The highest BCUT2D eigenvalue weighted by molar-refractivity contribution is 5.63. The van der Waals surface area contributed by atoms with Crippen LogP contribution in [0.15, 0.2) is 54.6 Å². The second-order valence-corrected chi connectivity index (χ2v) is 6.25. The number of allylic oxidation sites excluding steroid dienone is 2. The van der Waals surface area contributed by atoms with Crippen molar-refractivity contribution in [1.82, 2.24) is 0 Å². The lowest BCUT2D eigenvalue weighted by atomic mass is 9.76. The molecule has 0 amide bonds. The van der Waals surface area contributed by atoms with Crippen molar-refractivity contribution in [3.8, 4) is 5.75 Å². The molecule has 1 aliphatic carbocycles. The average molecular weight is 322 g/mol. The van der Waals surface area contributed by atoms with Gasteiger partial charge in [-0.15, -0.1) is 0 Å². The molecule has 2 aliphatic rings. The van der Waals surface area contributed by atoms with Gasteiger partial charge in [0, 0.05) is 29.3 Å². The van der Waals surface area contributed by atoms with Crippen LogP contribution >= 0.6 is 0 Å². The second kappa shape index (κ2) is 5.67. The van der Waals surface area contributed by atoms with E-state index >= 15 is 0 Å². The van der Waals surface area contributed by atoms with Crippen molar-refractivity contribution in [3.05, 3.63) is 75.9 Å². The lowest BCUT2D eigenvalue weighted by Crippen LogP contribution is -2.29. The molecule has 0 aromatic heterocycles. The Bertz CT molecular complexity index is 831. The van der Waals surface area contributed by atoms with Crippen molar-refractivity contribution in [2.45, 2.75) is 18.4 Å². The van der Waals surface area contributed by atoms with Crippen LogP contribution in [0.5, 0.6) is 5.75 Å². The molecule has 1 N–H and O–H groups in total. The first-order valence-corrected chi connectivity index (χ1v) is 8.03. The van der Waals surface area contributed by atoms with Gasteiger partial charge in [-0.25, -0.2) is 0 Å². The summed E-state index contributed by atoms with van der Waals surface area (Å²) in [5.74, 6) is 1.39. The largest absolute Gasteiger partial charge is 0.496 e. The number of hydrogen-bond donors (Lipinski definition) is 1. The number of anilines is 1. The molecule has 2 unspecified atom stereocenters. The third-order valence-corrected chi connectivity index (χ3v) is 5.03. The molecular weight excluding hydrogens is 304 g/mol. The molecule has 0 spiro atoms. The van der Waals surface area contributed by atoms with Gasteiger partial charge in [-0.05, 0) is 30.0 Å². The second-order valence-electron chi connectivity index (χ2n) is 6.25. The van der Waals surface area contributed by atoms with Crippen LogP contribution in [-0.4, -0.2) is 12.0 Å². The summed E-state index contributed by atoms with van der Waals surface area (Å²) >= 11 is 0. The molecule has 24 heavy (non-hydrogen) atoms. The normalized spacial score (nSPS) is 24.0. The quantitative estimate of drug-likeness (QED) is 0.516. The zero-order valence-electron chi connectivity index (χ0n) is 13.3. The summed E-state index contributed by atoms with van der Waals surface area (Å²) in [5.41, 5.74) is 3.24. The van der Waals surface area contributed by atoms with E-state index in [1.807, 2.05) is 24.3 Å². The Hall–Kier alpha value is -2.82. The van der Waals surface area contributed by atoms with E-state index < -0.39 is 0 Å². The van der Waals surface area contributed by atoms with Gasteiger partial charge >= 0.3 is 0 Å². The molecule has 0 bridgehead atoms. The highest BCUT2D eigenvalue weighted by Gasteiger charge is 2.39. The summed E-state index contributed by atoms with van der Waals surface area (Å²) < 4.78 is 5.54. The highest BCUT2D eigenvalue weighted by atomic mass is 16.6. The Morgan fingerprint density at radius 3 is 2.83 bits per heavy atom. The first-order valence-electron chi connectivity index (χ1n) is 8.03. The first-order chi connectivity index (χ1) is 11.7. The predicted octanol–water partition coefficient (Wildman–Crippen LogP) is 4.43. The van der Waals surface area contributed by atoms with Crippen LogP contribution in [0.1, 0.15) is 29.5 Å². The van der Waals surface area contributed by atoms with Gasteiger partial charge < -0.3 is 10.1 Å². The van der Waals surface area contributed by atoms with Gasteiger partial charge in [-0.3, -0.25) is 10.1 Å². The molecule has 1 heterocycles. The van der Waals surface area contributed by atoms with E-state index in [-0.39, 0.29) is 22.6 Å². The van der Waals surface area contributed by atoms with Crippen LogP contribution in [0, 0.1) is 16.0 Å². The lowest BCUT2D eigenvalue weighted by molar-refractivity contribution is -0.384. The van der Waals surface area contributed by atoms with Crippen molar-refractivity contribution < 1.29 is 9.66 Å². The number of ether oxygens (including phenoxy) is 1. The summed E-state index contributed by atoms with van der Waals surface area (Å²) in [6.07, 6.45) is 5.30. The summed E-state index contributed by atoms with van der Waals surface area (Å²) in [4.78, 5) is 10.8. The minimum Gasteiger partial charge on any atom is -0.496 e. The van der Waals surface area contributed by atoms with Crippen LogP contribution in [0.25, 0.3) is 0 Å². The van der Waals surface area contributed by atoms with E-state index in [0.717, 1.165) is 29.0 Å². The van der Waals surface area contributed by atoms with E-state index in [4.69, 9.17) is 4.74 Å². The zero-order valence-corrected chi connectivity index (χ0v) is 13.3. The van der Waals surface area contributed by atoms with Crippen LogP contribution in [-0.2, 0) is 0 Å². The van der Waals surface area contributed by atoms with Crippen molar-refractivity contribution >= 4 is 11.4 Å². The third-order valence-electron chi connectivity index (χ3n) is 5.03. The molecule has 4 rings (SSSR count). The Labute approximate surface area is 140 Å². The number of hydrogen-bond acceptors (Lipinski definition) is 4. The van der Waals surface area contributed by atoms with Crippen molar-refractivity contribution in [1.29, 1.82) is 0 Å². The standard InChI is InChI=1S/C19H18N2O3/c1-24-18-8-3-2-5-15(18)19-14-7-4-6-13(14)16-11-12(21(22)23)9-10-17(16)20-19/h2-6,8-11,13-14,19-20H,7H2,1H3/t13?,14?,19-/m0/s1. The fourth-order valence-electron chi connectivity index (χ4n) is 3.93. The number of nitrogens with zero attached hydrogens (tertiary/aromatic N) is 1. The van der Waals surface area contributed by atoms with Crippen LogP contribution in [0.3, 0.4) is 0 Å². The number of benzene rings is 2. The highest BCUT2D eigenvalue weighted by Crippen LogP contribution is 2.51. The van der Waals surface area contributed by atoms with Crippen LogP contribution < -0.4 is 10.1 Å². The Kier molecular flexibility index (Phi) is 3.49. The van der Waals surface area contributed by atoms with Crippen LogP contribution in [0.2, 0.25) is 0 Å². The molecule has 2 aromatic rings. The Morgan fingerprint density at radius 1 is 1.21 bits per heavy atom. The van der Waals surface area contributed by atoms with Crippen molar-refractivity contribution in [3.63, 3.8) is 0 Å².